The highest BCUT2D eigenvalue weighted by atomic mass is 16.5. The number of amides is 3. The number of ketones is 4. The second-order valence-corrected chi connectivity index (χ2v) is 41.4. The normalized spacial score (nSPS) is 15.2. The van der Waals surface area contributed by atoms with Crippen molar-refractivity contribution >= 4 is 40.9 Å². The molecule has 0 bridgehead atoms. The van der Waals surface area contributed by atoms with Gasteiger partial charge in [-0.1, -0.05) is 303 Å². The Kier molecular flexibility index (Phi) is 88.3. The number of ether oxygens (including phenoxy) is 1. The first kappa shape index (κ1) is 135. The van der Waals surface area contributed by atoms with Gasteiger partial charge in [-0.2, -0.15) is 0 Å². The van der Waals surface area contributed by atoms with Crippen LogP contribution >= 0.6 is 0 Å². The number of aliphatic hydroxyl groups excluding tert-OH is 5. The molecule has 0 heterocycles. The van der Waals surface area contributed by atoms with Gasteiger partial charge in [0.05, 0.1) is 36.9 Å². The molecule has 0 aromatic rings. The molecule has 17 nitrogen and oxygen atoms in total. The Balaban J connectivity index is -0.000000138. The van der Waals surface area contributed by atoms with Crippen LogP contribution < -0.4 is 16.1 Å². The SMILES string of the molecule is CC(C)/C=C/C(C)C(C)C.CC(C)C(=O)CC(O)C(C)C(C)C.CC(C)C(=O)NC(C)C(C)C.CC(C)C(=O)NN(C)C(C)C.CC(C)CC(=O)C(=O)C(C)C(C)C.CC(C)CC(=O)C(O)C(C)C(C)C.CC(C)CC(O)C(C)C(C)C.CC(C)CCC(O)C(C)C(C)C.CC(C)NC(=O)CC(O)C(C)C(C)C.CC(C)OCC(C)C(C)C. The van der Waals surface area contributed by atoms with Crippen molar-refractivity contribution in [3.8, 4) is 0 Å². The zero-order valence-corrected chi connectivity index (χ0v) is 87.4. The van der Waals surface area contributed by atoms with E-state index in [4.69, 9.17) is 4.74 Å². The molecule has 0 rings (SSSR count). The largest absolute Gasteiger partial charge is 0.393 e. The molecule has 712 valence electrons. The van der Waals surface area contributed by atoms with Gasteiger partial charge < -0.3 is 40.9 Å². The molecule has 0 aromatic carbocycles. The predicted octanol–water partition coefficient (Wildman–Crippen LogP) is 23.3. The lowest BCUT2D eigenvalue weighted by molar-refractivity contribution is -0.139. The van der Waals surface area contributed by atoms with Crippen molar-refractivity contribution in [1.29, 1.82) is 0 Å². The minimum Gasteiger partial charge on any atom is -0.393 e. The number of hydrogen-bond donors (Lipinski definition) is 8. The Morgan fingerprint density at radius 2 is 0.746 bits per heavy atom. The summed E-state index contributed by atoms with van der Waals surface area (Å²) >= 11 is 0. The maximum Gasteiger partial charge on any atom is 0.236 e. The summed E-state index contributed by atoms with van der Waals surface area (Å²) in [5.74, 6) is 9.84. The van der Waals surface area contributed by atoms with Gasteiger partial charge in [-0.3, -0.25) is 39.0 Å². The minimum absolute atomic E-state index is 0.0174. The fourth-order valence-electron chi connectivity index (χ4n) is 8.98. The molecule has 14 atom stereocenters. The maximum absolute atomic E-state index is 11.5. The second-order valence-electron chi connectivity index (χ2n) is 41.4. The van der Waals surface area contributed by atoms with Crippen LogP contribution in [0.15, 0.2) is 12.2 Å². The van der Waals surface area contributed by atoms with Crippen molar-refractivity contribution < 1.29 is 63.8 Å². The van der Waals surface area contributed by atoms with Crippen LogP contribution in [-0.4, -0.2) is 140 Å². The molecule has 14 unspecified atom stereocenters. The average Bonchev–Trinajstić information content (AvgIpc) is 0.899. The van der Waals surface area contributed by atoms with E-state index in [0.29, 0.717) is 108 Å². The number of nitrogens with one attached hydrogen (secondary N) is 3. The number of carbonyl (C=O) groups excluding carboxylic acids is 7. The van der Waals surface area contributed by atoms with Gasteiger partial charge in [0.1, 0.15) is 11.9 Å². The zero-order valence-electron chi connectivity index (χ0n) is 87.4. The first-order chi connectivity index (χ1) is 53.3. The number of rotatable bonds is 42. The Morgan fingerprint density at radius 3 is 1.04 bits per heavy atom. The van der Waals surface area contributed by atoms with E-state index in [1.54, 1.807) is 0 Å². The predicted molar refractivity (Wildman–Crippen MR) is 510 cm³/mol. The van der Waals surface area contributed by atoms with Crippen molar-refractivity contribution in [2.24, 2.45) is 148 Å². The van der Waals surface area contributed by atoms with Gasteiger partial charge in [0.15, 0.2) is 11.6 Å². The molecule has 0 saturated heterocycles. The Bertz CT molecular complexity index is 2390. The lowest BCUT2D eigenvalue weighted by atomic mass is 9.88. The molecule has 17 heteroatoms. The van der Waals surface area contributed by atoms with Crippen LogP contribution in [0.4, 0.5) is 0 Å². The summed E-state index contributed by atoms with van der Waals surface area (Å²) in [4.78, 5) is 79.2. The lowest BCUT2D eigenvalue weighted by Gasteiger charge is -2.23. The van der Waals surface area contributed by atoms with Crippen molar-refractivity contribution in [2.75, 3.05) is 13.7 Å². The first-order valence-corrected chi connectivity index (χ1v) is 46.7. The summed E-state index contributed by atoms with van der Waals surface area (Å²) in [5, 5.41) is 56.0. The van der Waals surface area contributed by atoms with Gasteiger partial charge in [0.25, 0.3) is 0 Å². The molecule has 118 heavy (non-hydrogen) atoms. The summed E-state index contributed by atoms with van der Waals surface area (Å²) in [6.45, 7) is 102. The number of hydrazine groups is 1. The van der Waals surface area contributed by atoms with Crippen LogP contribution in [-0.2, 0) is 38.3 Å². The number of carbonyl (C=O) groups is 7. The number of aliphatic hydroxyl groups is 5. The van der Waals surface area contributed by atoms with E-state index < -0.39 is 18.3 Å². The summed E-state index contributed by atoms with van der Waals surface area (Å²) < 4.78 is 5.46. The van der Waals surface area contributed by atoms with Crippen molar-refractivity contribution in [1.82, 2.24) is 21.1 Å². The van der Waals surface area contributed by atoms with Crippen LogP contribution in [0.2, 0.25) is 0 Å². The Hall–Kier alpha value is -3.45. The number of nitrogens with zero attached hydrogens (tertiary/aromatic N) is 1. The van der Waals surface area contributed by atoms with E-state index in [9.17, 15) is 59.1 Å². The van der Waals surface area contributed by atoms with Gasteiger partial charge in [0, 0.05) is 74.7 Å². The van der Waals surface area contributed by atoms with Gasteiger partial charge >= 0.3 is 0 Å². The van der Waals surface area contributed by atoms with Crippen LogP contribution in [0, 0.1) is 148 Å². The van der Waals surface area contributed by atoms with E-state index in [-0.39, 0.29) is 125 Å². The van der Waals surface area contributed by atoms with Gasteiger partial charge in [-0.25, -0.2) is 5.01 Å². The number of Topliss-reactive ketones (excluding diaryl/α,β-unsaturated/α-hetero) is 4. The highest BCUT2D eigenvalue weighted by molar-refractivity contribution is 6.37. The molecule has 0 aliphatic carbocycles. The van der Waals surface area contributed by atoms with Crippen molar-refractivity contribution in [3.05, 3.63) is 12.2 Å². The third-order valence-electron chi connectivity index (χ3n) is 22.2. The highest BCUT2D eigenvalue weighted by Crippen LogP contribution is 2.24. The zero-order chi connectivity index (χ0) is 96.1. The van der Waals surface area contributed by atoms with E-state index in [0.717, 1.165) is 43.6 Å². The quantitative estimate of drug-likeness (QED) is 0.0160. The lowest BCUT2D eigenvalue weighted by Crippen LogP contribution is -2.45. The van der Waals surface area contributed by atoms with E-state index in [1.165, 1.54) is 0 Å². The third kappa shape index (κ3) is 86.1. The van der Waals surface area contributed by atoms with Crippen LogP contribution in [0.1, 0.15) is 384 Å². The summed E-state index contributed by atoms with van der Waals surface area (Å²) in [6.07, 6.45) is 7.37. The molecule has 0 aliphatic rings. The monoisotopic (exact) mass is 1690 g/mol. The average molecular weight is 1690 g/mol. The first-order valence-electron chi connectivity index (χ1n) is 46.7. The topological polar surface area (TPSA) is 269 Å². The molecule has 3 amide bonds. The standard InChI is InChI=1S/C11H23NO2.2C11H22O2.C11H20O2.C11H24O.C10H22O.C10H20.C9H19NO.C9H20O.C8H18N2O/c1-7(2)9(5)10(13)6-11(14)12-8(3)4;1-7(2)9(5)11(13)6-10(12)8(3)4;2*1-7(2)6-10(12)11(13)9(5)8(3)4;1-8(2)6-7-11(12)10(5)9(3)4;1-7(2)6-10(11)9(5)8(3)4;1-8(2)6-7-10(5)9(3)4;1-6(2)8(5)10-9(11)7(3)4;1-7(2)9(5)6-10-8(3)4;1-6(2)8(11)9-10(5)7(3)4/h7-10,13H,6H2,1-5H3,(H,12,14);2*7-9,11,13H,6H2,1-5H3;7-9H,6H2,1-5H3;8-12H,6-7H2,1-5H3;7-11H,6H2,1-5H3;6-10H,1-5H3;6-8H,1-5H3,(H,10,11);7-9H,6H2,1-5H3;6-7H,1-5H3,(H,9,11)/b;;;;;;7-6+;;;. The van der Waals surface area contributed by atoms with Crippen LogP contribution in [0.25, 0.3) is 0 Å². The van der Waals surface area contributed by atoms with E-state index in [1.807, 2.05) is 185 Å². The van der Waals surface area contributed by atoms with Gasteiger partial charge in [0.2, 0.25) is 23.5 Å². The number of allylic oxidation sites excluding steroid dienone is 2. The molecular weight excluding hydrogens is 1480 g/mol. The van der Waals surface area contributed by atoms with Crippen molar-refractivity contribution in [2.45, 2.75) is 439 Å². The fourth-order valence-corrected chi connectivity index (χ4v) is 8.98. The molecule has 0 aliphatic heterocycles. The molecular formula is C101H210N4O13. The summed E-state index contributed by atoms with van der Waals surface area (Å²) in [7, 11) is 1.87. The van der Waals surface area contributed by atoms with E-state index >= 15 is 0 Å². The fraction of sp³-hybridized carbons (Fsp3) is 0.911. The second kappa shape index (κ2) is 77.1. The van der Waals surface area contributed by atoms with Crippen molar-refractivity contribution in [3.63, 3.8) is 0 Å². The third-order valence-corrected chi connectivity index (χ3v) is 22.2. The molecule has 0 aromatic heterocycles. The molecule has 8 N–H and O–H groups in total. The summed E-state index contributed by atoms with van der Waals surface area (Å²) in [6, 6.07) is 0.770. The van der Waals surface area contributed by atoms with E-state index in [2.05, 4.69) is 194 Å². The highest BCUT2D eigenvalue weighted by Gasteiger charge is 2.28. The Morgan fingerprint density at radius 1 is 0.356 bits per heavy atom. The molecule has 0 spiro atoms. The summed E-state index contributed by atoms with van der Waals surface area (Å²) in [5.41, 5.74) is 2.77. The molecule has 0 saturated carbocycles. The number of hydrogen-bond acceptors (Lipinski definition) is 14. The van der Waals surface area contributed by atoms with Gasteiger partial charge in [-0.15, -0.1) is 0 Å². The maximum atomic E-state index is 11.5. The molecule has 0 fully saturated rings. The van der Waals surface area contributed by atoms with Crippen LogP contribution in [0.5, 0.6) is 0 Å². The van der Waals surface area contributed by atoms with Gasteiger partial charge in [-0.05, 0) is 192 Å². The van der Waals surface area contributed by atoms with Crippen LogP contribution in [0.3, 0.4) is 0 Å². The minimum atomic E-state index is -0.776. The Labute approximate surface area is 734 Å². The smallest absolute Gasteiger partial charge is 0.236 e. The molecule has 0 radical (unpaired) electrons.